The number of aromatic nitrogens is 2. The van der Waals surface area contributed by atoms with Gasteiger partial charge in [-0.05, 0) is 51.1 Å². The van der Waals surface area contributed by atoms with Crippen LogP contribution in [0.5, 0.6) is 5.75 Å². The minimum absolute atomic E-state index is 0.0111. The van der Waals surface area contributed by atoms with Gasteiger partial charge in [-0.1, -0.05) is 12.1 Å². The van der Waals surface area contributed by atoms with Crippen molar-refractivity contribution in [2.24, 2.45) is 0 Å². The van der Waals surface area contributed by atoms with Gasteiger partial charge >= 0.3 is 0 Å². The highest BCUT2D eigenvalue weighted by Crippen LogP contribution is 2.30. The molecule has 2 atom stereocenters. The van der Waals surface area contributed by atoms with Crippen molar-refractivity contribution in [3.63, 3.8) is 0 Å². The van der Waals surface area contributed by atoms with Crippen LogP contribution in [-0.2, 0) is 9.47 Å². The van der Waals surface area contributed by atoms with Crippen LogP contribution in [0.3, 0.4) is 0 Å². The number of nitrogens with zero attached hydrogens (tertiary/aromatic N) is 3. The zero-order valence-electron chi connectivity index (χ0n) is 18.2. The molecule has 3 rings (SSSR count). The quantitative estimate of drug-likeness (QED) is 0.639. The first-order valence-corrected chi connectivity index (χ1v) is 10.6. The SMILES string of the molecule is COCC(C)OCC(O)CN1CCC(c2nccc(-c3ccccc3OC)n2)CC1. The highest BCUT2D eigenvalue weighted by Gasteiger charge is 2.24. The monoisotopic (exact) mass is 415 g/mol. The van der Waals surface area contributed by atoms with E-state index in [0.29, 0.717) is 25.7 Å². The van der Waals surface area contributed by atoms with E-state index in [1.54, 1.807) is 14.2 Å². The second kappa shape index (κ2) is 11.4. The number of aliphatic hydroxyl groups excluding tert-OH is 1. The van der Waals surface area contributed by atoms with E-state index in [2.05, 4.69) is 9.88 Å². The zero-order chi connectivity index (χ0) is 21.3. The molecule has 0 spiro atoms. The fraction of sp³-hybridized carbons (Fsp3) is 0.565. The van der Waals surface area contributed by atoms with Gasteiger partial charge in [0.1, 0.15) is 11.6 Å². The Balaban J connectivity index is 1.53. The van der Waals surface area contributed by atoms with Gasteiger partial charge in [0.2, 0.25) is 0 Å². The summed E-state index contributed by atoms with van der Waals surface area (Å²) in [5, 5.41) is 10.3. The van der Waals surface area contributed by atoms with Crippen molar-refractivity contribution in [1.82, 2.24) is 14.9 Å². The molecule has 7 heteroatoms. The average Bonchev–Trinajstić information content (AvgIpc) is 2.78. The summed E-state index contributed by atoms with van der Waals surface area (Å²) < 4.78 is 16.1. The summed E-state index contributed by atoms with van der Waals surface area (Å²) in [4.78, 5) is 11.7. The first-order chi connectivity index (χ1) is 14.6. The largest absolute Gasteiger partial charge is 0.496 e. The molecule has 164 valence electrons. The van der Waals surface area contributed by atoms with Crippen molar-refractivity contribution in [2.45, 2.75) is 37.9 Å². The molecular formula is C23H33N3O4. The Morgan fingerprint density at radius 2 is 1.90 bits per heavy atom. The summed E-state index contributed by atoms with van der Waals surface area (Å²) >= 11 is 0. The van der Waals surface area contributed by atoms with E-state index in [1.807, 2.05) is 43.5 Å². The summed E-state index contributed by atoms with van der Waals surface area (Å²) in [6.45, 7) is 5.26. The van der Waals surface area contributed by atoms with Crippen LogP contribution < -0.4 is 4.74 Å². The Kier molecular flexibility index (Phi) is 8.57. The summed E-state index contributed by atoms with van der Waals surface area (Å²) in [6.07, 6.45) is 3.28. The Morgan fingerprint density at radius 1 is 1.13 bits per heavy atom. The zero-order valence-corrected chi connectivity index (χ0v) is 18.2. The topological polar surface area (TPSA) is 76.9 Å². The number of methoxy groups -OCH3 is 2. The average molecular weight is 416 g/mol. The second-order valence-corrected chi connectivity index (χ2v) is 7.83. The van der Waals surface area contributed by atoms with E-state index >= 15 is 0 Å². The van der Waals surface area contributed by atoms with Crippen molar-refractivity contribution in [3.05, 3.63) is 42.4 Å². The van der Waals surface area contributed by atoms with Gasteiger partial charge in [0.05, 0.1) is 38.2 Å². The molecule has 2 aromatic rings. The van der Waals surface area contributed by atoms with Crippen LogP contribution in [-0.4, -0.2) is 79.2 Å². The number of likely N-dealkylation sites (tertiary alicyclic amines) is 1. The first kappa shape index (κ1) is 22.6. The standard InChI is InChI=1S/C23H33N3O4/c1-17(15-28-2)30-16-19(27)14-26-12-9-18(10-13-26)23-24-11-8-21(25-23)20-6-4-5-7-22(20)29-3/h4-8,11,17-19,27H,9-10,12-16H2,1-3H3. The van der Waals surface area contributed by atoms with Gasteiger partial charge in [-0.3, -0.25) is 0 Å². The highest BCUT2D eigenvalue weighted by atomic mass is 16.5. The van der Waals surface area contributed by atoms with E-state index in [1.165, 1.54) is 0 Å². The number of hydrogen-bond acceptors (Lipinski definition) is 7. The molecule has 1 saturated heterocycles. The Hall–Kier alpha value is -2.06. The third-order valence-corrected chi connectivity index (χ3v) is 5.45. The molecule has 0 bridgehead atoms. The van der Waals surface area contributed by atoms with Crippen LogP contribution in [0.4, 0.5) is 0 Å². The van der Waals surface area contributed by atoms with Gasteiger partial charge in [-0.15, -0.1) is 0 Å². The molecule has 0 amide bonds. The molecular weight excluding hydrogens is 382 g/mol. The number of para-hydroxylation sites is 1. The molecule has 1 aromatic carbocycles. The lowest BCUT2D eigenvalue weighted by Crippen LogP contribution is -2.40. The molecule has 0 saturated carbocycles. The van der Waals surface area contributed by atoms with Crippen molar-refractivity contribution < 1.29 is 19.3 Å². The summed E-state index contributed by atoms with van der Waals surface area (Å²) in [5.41, 5.74) is 1.87. The fourth-order valence-corrected chi connectivity index (χ4v) is 3.86. The van der Waals surface area contributed by atoms with E-state index in [4.69, 9.17) is 19.2 Å². The maximum absolute atomic E-state index is 10.3. The lowest BCUT2D eigenvalue weighted by Gasteiger charge is -2.32. The predicted octanol–water partition coefficient (Wildman–Crippen LogP) is 2.74. The van der Waals surface area contributed by atoms with Crippen molar-refractivity contribution in [1.29, 1.82) is 0 Å². The smallest absolute Gasteiger partial charge is 0.132 e. The number of benzene rings is 1. The van der Waals surface area contributed by atoms with Crippen molar-refractivity contribution in [2.75, 3.05) is 47.1 Å². The molecule has 0 radical (unpaired) electrons. The van der Waals surface area contributed by atoms with Gasteiger partial charge in [0.25, 0.3) is 0 Å². The minimum Gasteiger partial charge on any atom is -0.496 e. The normalized spacial score (nSPS) is 17.6. The van der Waals surface area contributed by atoms with Crippen LogP contribution >= 0.6 is 0 Å². The van der Waals surface area contributed by atoms with Gasteiger partial charge < -0.3 is 24.2 Å². The number of rotatable bonds is 10. The Labute approximate surface area is 179 Å². The molecule has 30 heavy (non-hydrogen) atoms. The van der Waals surface area contributed by atoms with Crippen molar-refractivity contribution in [3.8, 4) is 17.0 Å². The number of β-amino-alcohol motifs (C(OH)–C–C–N with tert-alkyl or cyclic N) is 1. The lowest BCUT2D eigenvalue weighted by atomic mass is 9.95. The lowest BCUT2D eigenvalue weighted by molar-refractivity contribution is -0.0411. The molecule has 0 aliphatic carbocycles. The minimum atomic E-state index is -0.494. The summed E-state index contributed by atoms with van der Waals surface area (Å²) in [6, 6.07) is 9.84. The number of aliphatic hydroxyl groups is 1. The first-order valence-electron chi connectivity index (χ1n) is 10.6. The number of piperidine rings is 1. The summed E-state index contributed by atoms with van der Waals surface area (Å²) in [5.74, 6) is 2.02. The van der Waals surface area contributed by atoms with Gasteiger partial charge in [-0.2, -0.15) is 0 Å². The van der Waals surface area contributed by atoms with E-state index in [9.17, 15) is 5.11 Å². The molecule has 1 fully saturated rings. The van der Waals surface area contributed by atoms with Gasteiger partial charge in [0, 0.05) is 31.3 Å². The van der Waals surface area contributed by atoms with Crippen LogP contribution in [0.15, 0.2) is 36.5 Å². The molecule has 1 aromatic heterocycles. The third kappa shape index (κ3) is 6.22. The third-order valence-electron chi connectivity index (χ3n) is 5.45. The van der Waals surface area contributed by atoms with Crippen LogP contribution in [0, 0.1) is 0 Å². The predicted molar refractivity (Wildman–Crippen MR) is 116 cm³/mol. The van der Waals surface area contributed by atoms with Crippen molar-refractivity contribution >= 4 is 0 Å². The molecule has 7 nitrogen and oxygen atoms in total. The van der Waals surface area contributed by atoms with Crippen LogP contribution in [0.1, 0.15) is 31.5 Å². The molecule has 2 unspecified atom stereocenters. The molecule has 1 N–H and O–H groups in total. The van der Waals surface area contributed by atoms with E-state index < -0.39 is 6.10 Å². The molecule has 2 heterocycles. The fourth-order valence-electron chi connectivity index (χ4n) is 3.86. The maximum atomic E-state index is 10.3. The highest BCUT2D eigenvalue weighted by molar-refractivity contribution is 5.66. The van der Waals surface area contributed by atoms with Crippen LogP contribution in [0.2, 0.25) is 0 Å². The van der Waals surface area contributed by atoms with E-state index in [0.717, 1.165) is 48.8 Å². The van der Waals surface area contributed by atoms with Crippen LogP contribution in [0.25, 0.3) is 11.3 Å². The maximum Gasteiger partial charge on any atom is 0.132 e. The van der Waals surface area contributed by atoms with Gasteiger partial charge in [-0.25, -0.2) is 9.97 Å². The van der Waals surface area contributed by atoms with Gasteiger partial charge in [0.15, 0.2) is 0 Å². The molecule has 1 aliphatic heterocycles. The van der Waals surface area contributed by atoms with E-state index in [-0.39, 0.29) is 6.10 Å². The second-order valence-electron chi connectivity index (χ2n) is 7.83. The molecule has 1 aliphatic rings. The Morgan fingerprint density at radius 3 is 2.63 bits per heavy atom. The Bertz CT molecular complexity index is 781. The number of hydrogen-bond donors (Lipinski definition) is 1. The summed E-state index contributed by atoms with van der Waals surface area (Å²) in [7, 11) is 3.32. The number of ether oxygens (including phenoxy) is 3.